The molecule has 0 aliphatic heterocycles. The van der Waals surface area contributed by atoms with Gasteiger partial charge in [-0.05, 0) is 12.1 Å². The summed E-state index contributed by atoms with van der Waals surface area (Å²) in [5.74, 6) is -0.395. The Morgan fingerprint density at radius 2 is 2.06 bits per heavy atom. The monoisotopic (exact) mass is 274 g/mol. The van der Waals surface area contributed by atoms with Gasteiger partial charge in [0.25, 0.3) is 0 Å². The maximum atomic E-state index is 10.7. The normalized spacial score (nSPS) is 11.4. The fraction of sp³-hybridized carbons (Fsp3) is 0.273. The summed E-state index contributed by atoms with van der Waals surface area (Å²) < 4.78 is 0. The molecule has 0 aliphatic rings. The smallest absolute Gasteiger partial charge is 0.217 e. The highest BCUT2D eigenvalue weighted by Crippen LogP contribution is 2.23. The van der Waals surface area contributed by atoms with Gasteiger partial charge in [0, 0.05) is 18.4 Å². The van der Waals surface area contributed by atoms with E-state index in [4.69, 9.17) is 33.8 Å². The zero-order valence-corrected chi connectivity index (χ0v) is 10.8. The van der Waals surface area contributed by atoms with Crippen molar-refractivity contribution in [2.24, 2.45) is 10.9 Å². The summed E-state index contributed by atoms with van der Waals surface area (Å²) in [5.41, 5.74) is 6.44. The SMILES string of the molecule is CO/N=C(/CCC(N)=O)c1ccc(Cl)c(Cl)c1. The first-order chi connectivity index (χ1) is 8.04. The van der Waals surface area contributed by atoms with Crippen LogP contribution in [-0.4, -0.2) is 18.7 Å². The second-order valence-electron chi connectivity index (χ2n) is 3.32. The average Bonchev–Trinajstić information content (AvgIpc) is 2.28. The Hall–Kier alpha value is -1.26. The first-order valence-electron chi connectivity index (χ1n) is 4.88. The second kappa shape index (κ2) is 6.47. The van der Waals surface area contributed by atoms with Crippen LogP contribution >= 0.6 is 23.2 Å². The summed E-state index contributed by atoms with van der Waals surface area (Å²) >= 11 is 11.7. The van der Waals surface area contributed by atoms with Gasteiger partial charge in [0.05, 0.1) is 15.8 Å². The van der Waals surface area contributed by atoms with E-state index in [0.717, 1.165) is 5.56 Å². The number of primary amides is 1. The molecule has 0 aliphatic carbocycles. The Bertz CT molecular complexity index is 447. The maximum Gasteiger partial charge on any atom is 0.217 e. The van der Waals surface area contributed by atoms with Crippen LogP contribution in [-0.2, 0) is 9.63 Å². The number of halogens is 2. The van der Waals surface area contributed by atoms with Crippen LogP contribution < -0.4 is 5.73 Å². The topological polar surface area (TPSA) is 64.7 Å². The van der Waals surface area contributed by atoms with Gasteiger partial charge < -0.3 is 10.6 Å². The Morgan fingerprint density at radius 3 is 2.59 bits per heavy atom. The number of rotatable bonds is 5. The second-order valence-corrected chi connectivity index (χ2v) is 4.13. The first-order valence-corrected chi connectivity index (χ1v) is 5.64. The molecule has 0 unspecified atom stereocenters. The zero-order valence-electron chi connectivity index (χ0n) is 9.24. The Balaban J connectivity index is 2.93. The third kappa shape index (κ3) is 4.24. The van der Waals surface area contributed by atoms with E-state index in [-0.39, 0.29) is 6.42 Å². The van der Waals surface area contributed by atoms with E-state index >= 15 is 0 Å². The highest BCUT2D eigenvalue weighted by Gasteiger charge is 2.09. The van der Waals surface area contributed by atoms with Crippen LogP contribution in [0, 0.1) is 0 Å². The van der Waals surface area contributed by atoms with Gasteiger partial charge in [0.1, 0.15) is 7.11 Å². The van der Waals surface area contributed by atoms with Gasteiger partial charge in [0.15, 0.2) is 0 Å². The number of nitrogens with two attached hydrogens (primary N) is 1. The van der Waals surface area contributed by atoms with Gasteiger partial charge >= 0.3 is 0 Å². The van der Waals surface area contributed by atoms with E-state index in [1.165, 1.54) is 7.11 Å². The fourth-order valence-electron chi connectivity index (χ4n) is 1.27. The summed E-state index contributed by atoms with van der Waals surface area (Å²) in [4.78, 5) is 15.5. The summed E-state index contributed by atoms with van der Waals surface area (Å²) in [5, 5.41) is 4.73. The fourth-order valence-corrected chi connectivity index (χ4v) is 1.57. The standard InChI is InChI=1S/C11H12Cl2N2O2/c1-17-15-10(4-5-11(14)16)7-2-3-8(12)9(13)6-7/h2-3,6H,4-5H2,1H3,(H2,14,16)/b15-10-. The maximum absolute atomic E-state index is 10.7. The largest absolute Gasteiger partial charge is 0.399 e. The minimum absolute atomic E-state index is 0.197. The van der Waals surface area contributed by atoms with Gasteiger partial charge in [-0.1, -0.05) is 34.4 Å². The van der Waals surface area contributed by atoms with Crippen molar-refractivity contribution in [3.8, 4) is 0 Å². The van der Waals surface area contributed by atoms with Crippen LogP contribution in [0.3, 0.4) is 0 Å². The molecule has 0 spiro atoms. The molecule has 0 saturated carbocycles. The lowest BCUT2D eigenvalue weighted by molar-refractivity contribution is -0.117. The lowest BCUT2D eigenvalue weighted by Gasteiger charge is -2.06. The van der Waals surface area contributed by atoms with Crippen LogP contribution in [0.25, 0.3) is 0 Å². The molecule has 17 heavy (non-hydrogen) atoms. The van der Waals surface area contributed by atoms with E-state index in [0.29, 0.717) is 22.2 Å². The highest BCUT2D eigenvalue weighted by atomic mass is 35.5. The van der Waals surface area contributed by atoms with Gasteiger partial charge in [-0.15, -0.1) is 0 Å². The molecule has 6 heteroatoms. The molecule has 92 valence electrons. The molecule has 1 aromatic rings. The van der Waals surface area contributed by atoms with Crippen molar-refractivity contribution in [1.82, 2.24) is 0 Å². The molecule has 0 heterocycles. The van der Waals surface area contributed by atoms with Crippen LogP contribution in [0.1, 0.15) is 18.4 Å². The molecule has 0 fully saturated rings. The Kier molecular flexibility index (Phi) is 5.25. The molecule has 1 rings (SSSR count). The lowest BCUT2D eigenvalue weighted by Crippen LogP contribution is -2.13. The molecule has 0 atom stereocenters. The van der Waals surface area contributed by atoms with Crippen molar-refractivity contribution in [3.63, 3.8) is 0 Å². The van der Waals surface area contributed by atoms with E-state index < -0.39 is 5.91 Å². The predicted molar refractivity (Wildman–Crippen MR) is 68.4 cm³/mol. The molecule has 1 amide bonds. The summed E-state index contributed by atoms with van der Waals surface area (Å²) in [7, 11) is 1.43. The van der Waals surface area contributed by atoms with Crippen LogP contribution in [0.2, 0.25) is 10.0 Å². The zero-order chi connectivity index (χ0) is 12.8. The number of nitrogens with zero attached hydrogens (tertiary/aromatic N) is 1. The van der Waals surface area contributed by atoms with Gasteiger partial charge in [-0.3, -0.25) is 4.79 Å². The summed E-state index contributed by atoms with van der Waals surface area (Å²) in [6.45, 7) is 0. The third-order valence-corrected chi connectivity index (χ3v) is 2.80. The predicted octanol–water partition coefficient (Wildman–Crippen LogP) is 2.61. The summed E-state index contributed by atoms with van der Waals surface area (Å²) in [6, 6.07) is 5.09. The van der Waals surface area contributed by atoms with Crippen molar-refractivity contribution in [2.75, 3.05) is 7.11 Å². The van der Waals surface area contributed by atoms with Crippen molar-refractivity contribution in [2.45, 2.75) is 12.8 Å². The quantitative estimate of drug-likeness (QED) is 0.663. The number of amides is 1. The number of hydrogen-bond acceptors (Lipinski definition) is 3. The van der Waals surface area contributed by atoms with Crippen molar-refractivity contribution in [1.29, 1.82) is 0 Å². The van der Waals surface area contributed by atoms with E-state index in [1.54, 1.807) is 18.2 Å². The highest BCUT2D eigenvalue weighted by molar-refractivity contribution is 6.42. The number of carbonyl (C=O) groups is 1. The minimum Gasteiger partial charge on any atom is -0.399 e. The summed E-state index contributed by atoms with van der Waals surface area (Å²) in [6.07, 6.45) is 0.587. The molecule has 0 aromatic heterocycles. The molecule has 4 nitrogen and oxygen atoms in total. The molecule has 0 radical (unpaired) electrons. The molecular weight excluding hydrogens is 263 g/mol. The van der Waals surface area contributed by atoms with Crippen molar-refractivity contribution in [3.05, 3.63) is 33.8 Å². The molecule has 1 aromatic carbocycles. The van der Waals surface area contributed by atoms with Crippen LogP contribution in [0.15, 0.2) is 23.4 Å². The van der Waals surface area contributed by atoms with Gasteiger partial charge in [-0.25, -0.2) is 0 Å². The molecular formula is C11H12Cl2N2O2. The van der Waals surface area contributed by atoms with Crippen molar-refractivity contribution < 1.29 is 9.63 Å². The number of hydrogen-bond donors (Lipinski definition) is 1. The number of benzene rings is 1. The number of carbonyl (C=O) groups excluding carboxylic acids is 1. The van der Waals surface area contributed by atoms with Crippen LogP contribution in [0.5, 0.6) is 0 Å². The lowest BCUT2D eigenvalue weighted by atomic mass is 10.1. The molecule has 0 saturated heterocycles. The first kappa shape index (κ1) is 13.8. The average molecular weight is 275 g/mol. The van der Waals surface area contributed by atoms with E-state index in [2.05, 4.69) is 5.16 Å². The number of oxime groups is 1. The minimum atomic E-state index is -0.395. The van der Waals surface area contributed by atoms with Gasteiger partial charge in [0.2, 0.25) is 5.91 Å². The molecule has 0 bridgehead atoms. The Labute approximate surface area is 109 Å². The van der Waals surface area contributed by atoms with Gasteiger partial charge in [-0.2, -0.15) is 0 Å². The third-order valence-electron chi connectivity index (χ3n) is 2.06. The Morgan fingerprint density at radius 1 is 1.35 bits per heavy atom. The molecule has 2 N–H and O–H groups in total. The van der Waals surface area contributed by atoms with E-state index in [9.17, 15) is 4.79 Å². The van der Waals surface area contributed by atoms with Crippen molar-refractivity contribution >= 4 is 34.8 Å². The van der Waals surface area contributed by atoms with Crippen LogP contribution in [0.4, 0.5) is 0 Å². The van der Waals surface area contributed by atoms with E-state index in [1.807, 2.05) is 0 Å².